The molecular weight excluding hydrogens is 853 g/mol. The molecule has 6 nitrogen and oxygen atoms in total. The number of hydrogen-bond donors (Lipinski definition) is 0. The normalized spacial score (nSPS) is 12.4. The smallest absolute Gasteiger partial charge is 0.306 e. The fourth-order valence-corrected chi connectivity index (χ4v) is 9.73. The lowest BCUT2D eigenvalue weighted by molar-refractivity contribution is -0.167. The van der Waals surface area contributed by atoms with E-state index >= 15 is 0 Å². The van der Waals surface area contributed by atoms with Crippen LogP contribution in [0.5, 0.6) is 0 Å². The van der Waals surface area contributed by atoms with Crippen molar-refractivity contribution in [2.24, 2.45) is 11.8 Å². The lowest BCUT2D eigenvalue weighted by atomic mass is 9.99. The van der Waals surface area contributed by atoms with Gasteiger partial charge in [0.2, 0.25) is 0 Å². The van der Waals surface area contributed by atoms with Crippen LogP contribution in [0.15, 0.2) is 0 Å². The van der Waals surface area contributed by atoms with Crippen LogP contribution in [-0.2, 0) is 28.6 Å². The third-order valence-corrected chi connectivity index (χ3v) is 14.8. The van der Waals surface area contributed by atoms with Crippen molar-refractivity contribution in [2.45, 2.75) is 362 Å². The molecule has 1 unspecified atom stereocenters. The second kappa shape index (κ2) is 55.7. The molecule has 0 bridgehead atoms. The number of carbonyl (C=O) groups is 3. The van der Waals surface area contributed by atoms with Gasteiger partial charge in [-0.05, 0) is 31.1 Å². The molecule has 69 heavy (non-hydrogen) atoms. The highest BCUT2D eigenvalue weighted by molar-refractivity contribution is 5.71. The molecule has 6 heteroatoms. The standard InChI is InChI=1S/C63H122O6/c1-6-8-9-10-11-12-13-14-23-30-35-40-45-50-55-63(66)69-60(57-68-62(65)54-49-44-39-34-29-25-20-19-22-27-32-37-42-47-52-59(5)7-2)56-67-61(64)53-48-43-38-33-28-24-18-16-15-17-21-26-31-36-41-46-51-58(3)4/h58-60H,6-57H2,1-5H3/t59?,60-/m0/s1. The monoisotopic (exact) mass is 975 g/mol. The van der Waals surface area contributed by atoms with E-state index < -0.39 is 6.10 Å². The first kappa shape index (κ1) is 67.4. The summed E-state index contributed by atoms with van der Waals surface area (Å²) in [5, 5.41) is 0. The highest BCUT2D eigenvalue weighted by Crippen LogP contribution is 2.19. The molecule has 0 rings (SSSR count). The molecule has 0 aromatic carbocycles. The Morgan fingerprint density at radius 2 is 0.551 bits per heavy atom. The molecule has 0 aliphatic rings. The second-order valence-corrected chi connectivity index (χ2v) is 22.4. The van der Waals surface area contributed by atoms with E-state index in [9.17, 15) is 14.4 Å². The van der Waals surface area contributed by atoms with E-state index in [-0.39, 0.29) is 31.1 Å². The van der Waals surface area contributed by atoms with E-state index in [1.807, 2.05) is 0 Å². The van der Waals surface area contributed by atoms with E-state index in [0.29, 0.717) is 19.3 Å². The first-order valence-electron chi connectivity index (χ1n) is 31.3. The Kier molecular flexibility index (Phi) is 54.4. The van der Waals surface area contributed by atoms with Crippen LogP contribution in [0.2, 0.25) is 0 Å². The molecule has 0 aromatic rings. The molecule has 2 atom stereocenters. The minimum atomic E-state index is -0.763. The Morgan fingerprint density at radius 3 is 0.826 bits per heavy atom. The van der Waals surface area contributed by atoms with Crippen LogP contribution in [-0.4, -0.2) is 37.2 Å². The maximum absolute atomic E-state index is 12.9. The second-order valence-electron chi connectivity index (χ2n) is 22.4. The van der Waals surface area contributed by atoms with Gasteiger partial charge in [0, 0.05) is 19.3 Å². The Hall–Kier alpha value is -1.59. The molecule has 0 spiro atoms. The quantitative estimate of drug-likeness (QED) is 0.0343. The fraction of sp³-hybridized carbons (Fsp3) is 0.952. The van der Waals surface area contributed by atoms with Gasteiger partial charge in [-0.1, -0.05) is 317 Å². The van der Waals surface area contributed by atoms with Crippen LogP contribution in [0.3, 0.4) is 0 Å². The lowest BCUT2D eigenvalue weighted by Crippen LogP contribution is -2.30. The summed E-state index contributed by atoms with van der Waals surface area (Å²) in [6.45, 7) is 11.5. The van der Waals surface area contributed by atoms with Crippen LogP contribution in [0, 0.1) is 11.8 Å². The summed E-state index contributed by atoms with van der Waals surface area (Å²) in [7, 11) is 0. The van der Waals surface area contributed by atoms with E-state index in [0.717, 1.165) is 69.6 Å². The minimum absolute atomic E-state index is 0.0620. The summed E-state index contributed by atoms with van der Waals surface area (Å²) >= 11 is 0. The van der Waals surface area contributed by atoms with Crippen LogP contribution in [0.25, 0.3) is 0 Å². The predicted octanol–water partition coefficient (Wildman–Crippen LogP) is 20.8. The summed E-state index contributed by atoms with van der Waals surface area (Å²) in [6.07, 6.45) is 60.9. The average molecular weight is 976 g/mol. The molecule has 0 aliphatic carbocycles. The molecule has 0 saturated carbocycles. The Morgan fingerprint density at radius 1 is 0.304 bits per heavy atom. The third kappa shape index (κ3) is 55.6. The minimum Gasteiger partial charge on any atom is -0.462 e. The number of esters is 3. The van der Waals surface area contributed by atoms with E-state index in [4.69, 9.17) is 14.2 Å². The molecular formula is C63H122O6. The summed E-state index contributed by atoms with van der Waals surface area (Å²) in [6, 6.07) is 0. The van der Waals surface area contributed by atoms with Gasteiger partial charge in [-0.2, -0.15) is 0 Å². The fourth-order valence-electron chi connectivity index (χ4n) is 9.73. The third-order valence-electron chi connectivity index (χ3n) is 14.8. The van der Waals surface area contributed by atoms with Gasteiger partial charge in [0.25, 0.3) is 0 Å². The number of carbonyl (C=O) groups excluding carboxylic acids is 3. The van der Waals surface area contributed by atoms with Gasteiger partial charge in [0.1, 0.15) is 13.2 Å². The van der Waals surface area contributed by atoms with Crippen LogP contribution < -0.4 is 0 Å². The topological polar surface area (TPSA) is 78.9 Å². The Bertz CT molecular complexity index is 1060. The largest absolute Gasteiger partial charge is 0.462 e. The zero-order valence-electron chi connectivity index (χ0n) is 47.5. The molecule has 0 radical (unpaired) electrons. The zero-order valence-corrected chi connectivity index (χ0v) is 47.5. The molecule has 0 aromatic heterocycles. The first-order chi connectivity index (χ1) is 33.8. The summed E-state index contributed by atoms with van der Waals surface area (Å²) < 4.78 is 16.9. The highest BCUT2D eigenvalue weighted by Gasteiger charge is 2.19. The summed E-state index contributed by atoms with van der Waals surface area (Å²) in [5.74, 6) is 0.916. The van der Waals surface area contributed by atoms with E-state index in [2.05, 4.69) is 34.6 Å². The number of unbranched alkanes of at least 4 members (excludes halogenated alkanes) is 41. The predicted molar refractivity (Wildman–Crippen MR) is 298 cm³/mol. The average Bonchev–Trinajstić information content (AvgIpc) is 3.34. The first-order valence-corrected chi connectivity index (χ1v) is 31.3. The summed E-state index contributed by atoms with van der Waals surface area (Å²) in [4.78, 5) is 38.3. The van der Waals surface area contributed by atoms with Crippen LogP contribution in [0.4, 0.5) is 0 Å². The Balaban J connectivity index is 4.27. The molecule has 410 valence electrons. The Labute approximate surface area is 431 Å². The van der Waals surface area contributed by atoms with Crippen molar-refractivity contribution >= 4 is 17.9 Å². The van der Waals surface area contributed by atoms with Crippen molar-refractivity contribution < 1.29 is 28.6 Å². The van der Waals surface area contributed by atoms with Gasteiger partial charge in [0.05, 0.1) is 0 Å². The number of rotatable bonds is 57. The lowest BCUT2D eigenvalue weighted by Gasteiger charge is -2.18. The molecule has 0 saturated heterocycles. The van der Waals surface area contributed by atoms with Gasteiger partial charge in [-0.3, -0.25) is 14.4 Å². The van der Waals surface area contributed by atoms with Crippen LogP contribution >= 0.6 is 0 Å². The zero-order chi connectivity index (χ0) is 50.4. The van der Waals surface area contributed by atoms with Crippen molar-refractivity contribution in [1.29, 1.82) is 0 Å². The maximum Gasteiger partial charge on any atom is 0.306 e. The van der Waals surface area contributed by atoms with Gasteiger partial charge in [0.15, 0.2) is 6.10 Å². The molecule has 0 aliphatic heterocycles. The number of hydrogen-bond acceptors (Lipinski definition) is 6. The van der Waals surface area contributed by atoms with Crippen molar-refractivity contribution in [1.82, 2.24) is 0 Å². The van der Waals surface area contributed by atoms with Gasteiger partial charge in [-0.25, -0.2) is 0 Å². The van der Waals surface area contributed by atoms with E-state index in [1.165, 1.54) is 244 Å². The highest BCUT2D eigenvalue weighted by atomic mass is 16.6. The van der Waals surface area contributed by atoms with Crippen LogP contribution in [0.1, 0.15) is 356 Å². The summed E-state index contributed by atoms with van der Waals surface area (Å²) in [5.41, 5.74) is 0. The number of ether oxygens (including phenoxy) is 3. The molecule has 0 fully saturated rings. The molecule has 0 heterocycles. The van der Waals surface area contributed by atoms with Crippen molar-refractivity contribution in [2.75, 3.05) is 13.2 Å². The van der Waals surface area contributed by atoms with Gasteiger partial charge >= 0.3 is 17.9 Å². The van der Waals surface area contributed by atoms with Gasteiger partial charge < -0.3 is 14.2 Å². The van der Waals surface area contributed by atoms with Crippen molar-refractivity contribution in [3.63, 3.8) is 0 Å². The van der Waals surface area contributed by atoms with Crippen molar-refractivity contribution in [3.05, 3.63) is 0 Å². The maximum atomic E-state index is 12.9. The molecule has 0 N–H and O–H groups in total. The van der Waals surface area contributed by atoms with Gasteiger partial charge in [-0.15, -0.1) is 0 Å². The van der Waals surface area contributed by atoms with Crippen molar-refractivity contribution in [3.8, 4) is 0 Å². The SMILES string of the molecule is CCCCCCCCCCCCCCCCC(=O)O[C@@H](COC(=O)CCCCCCCCCCCCCCCCCCC(C)C)COC(=O)CCCCCCCCCCCCCCCCC(C)CC. The van der Waals surface area contributed by atoms with E-state index in [1.54, 1.807) is 0 Å². The molecule has 0 amide bonds.